The maximum Gasteiger partial charge on any atom is 0.391 e. The first-order chi connectivity index (χ1) is 5.48. The lowest BCUT2D eigenvalue weighted by Gasteiger charge is -2.14. The molecule has 0 aliphatic heterocycles. The molecular formula is C8H13F3O. The Morgan fingerprint density at radius 2 is 1.92 bits per heavy atom. The molecule has 0 N–H and O–H groups in total. The van der Waals surface area contributed by atoms with Crippen LogP contribution < -0.4 is 0 Å². The SMILES string of the molecule is CC(CCCCC=O)C(F)(F)F. The van der Waals surface area contributed by atoms with E-state index in [2.05, 4.69) is 0 Å². The molecule has 0 fully saturated rings. The molecule has 1 unspecified atom stereocenters. The Labute approximate surface area is 70.0 Å². The second-order valence-corrected chi connectivity index (χ2v) is 2.89. The summed E-state index contributed by atoms with van der Waals surface area (Å²) in [5.74, 6) is -1.25. The van der Waals surface area contributed by atoms with Gasteiger partial charge in [-0.1, -0.05) is 13.3 Å². The molecule has 0 amide bonds. The maximum atomic E-state index is 11.9. The van der Waals surface area contributed by atoms with Gasteiger partial charge in [0.05, 0.1) is 5.92 Å². The fourth-order valence-corrected chi connectivity index (χ4v) is 0.842. The second kappa shape index (κ2) is 5.17. The van der Waals surface area contributed by atoms with Gasteiger partial charge in [-0.25, -0.2) is 0 Å². The predicted molar refractivity (Wildman–Crippen MR) is 39.8 cm³/mol. The van der Waals surface area contributed by atoms with E-state index in [0.29, 0.717) is 19.3 Å². The fraction of sp³-hybridized carbons (Fsp3) is 0.875. The van der Waals surface area contributed by atoms with Crippen molar-refractivity contribution < 1.29 is 18.0 Å². The Morgan fingerprint density at radius 3 is 2.33 bits per heavy atom. The molecule has 0 aromatic carbocycles. The smallest absolute Gasteiger partial charge is 0.303 e. The standard InChI is InChI=1S/C8H13F3O/c1-7(8(9,10)11)5-3-2-4-6-12/h6-7H,2-5H2,1H3. The topological polar surface area (TPSA) is 17.1 Å². The van der Waals surface area contributed by atoms with Crippen molar-refractivity contribution in [1.29, 1.82) is 0 Å². The highest BCUT2D eigenvalue weighted by Crippen LogP contribution is 2.29. The van der Waals surface area contributed by atoms with Crippen molar-refractivity contribution >= 4 is 6.29 Å². The molecule has 0 aromatic rings. The van der Waals surface area contributed by atoms with E-state index in [1.165, 1.54) is 6.92 Å². The van der Waals surface area contributed by atoms with E-state index in [4.69, 9.17) is 0 Å². The van der Waals surface area contributed by atoms with Crippen LogP contribution in [0.5, 0.6) is 0 Å². The zero-order valence-corrected chi connectivity index (χ0v) is 7.03. The van der Waals surface area contributed by atoms with E-state index < -0.39 is 12.1 Å². The minimum absolute atomic E-state index is 0.122. The molecule has 0 aliphatic rings. The van der Waals surface area contributed by atoms with E-state index >= 15 is 0 Å². The summed E-state index contributed by atoms with van der Waals surface area (Å²) in [5.41, 5.74) is 0. The van der Waals surface area contributed by atoms with Crippen molar-refractivity contribution in [3.8, 4) is 0 Å². The fourth-order valence-electron chi connectivity index (χ4n) is 0.842. The first-order valence-corrected chi connectivity index (χ1v) is 3.99. The lowest BCUT2D eigenvalue weighted by atomic mass is 10.0. The number of carbonyl (C=O) groups excluding carboxylic acids is 1. The predicted octanol–water partition coefficient (Wildman–Crippen LogP) is 2.94. The van der Waals surface area contributed by atoms with E-state index in [0.717, 1.165) is 6.29 Å². The van der Waals surface area contributed by atoms with E-state index in [1.807, 2.05) is 0 Å². The largest absolute Gasteiger partial charge is 0.391 e. The number of hydrogen-bond donors (Lipinski definition) is 0. The minimum atomic E-state index is -4.08. The third kappa shape index (κ3) is 5.16. The highest BCUT2D eigenvalue weighted by Gasteiger charge is 2.34. The molecule has 0 saturated heterocycles. The quantitative estimate of drug-likeness (QED) is 0.472. The van der Waals surface area contributed by atoms with E-state index in [9.17, 15) is 18.0 Å². The molecule has 0 aliphatic carbocycles. The molecule has 0 aromatic heterocycles. The number of unbranched alkanes of at least 4 members (excludes halogenated alkanes) is 2. The van der Waals surface area contributed by atoms with Crippen LogP contribution >= 0.6 is 0 Å². The molecule has 0 saturated carbocycles. The number of halogens is 3. The van der Waals surface area contributed by atoms with Crippen molar-refractivity contribution in [2.45, 2.75) is 38.8 Å². The third-order valence-corrected chi connectivity index (χ3v) is 1.77. The van der Waals surface area contributed by atoms with Gasteiger partial charge in [-0.3, -0.25) is 0 Å². The number of aldehydes is 1. The molecule has 0 spiro atoms. The van der Waals surface area contributed by atoms with Crippen molar-refractivity contribution in [1.82, 2.24) is 0 Å². The molecule has 12 heavy (non-hydrogen) atoms. The van der Waals surface area contributed by atoms with Gasteiger partial charge in [0.15, 0.2) is 0 Å². The molecular weight excluding hydrogens is 169 g/mol. The number of carbonyl (C=O) groups is 1. The van der Waals surface area contributed by atoms with Crippen LogP contribution in [0.15, 0.2) is 0 Å². The zero-order chi connectivity index (χ0) is 9.61. The molecule has 1 nitrogen and oxygen atoms in total. The molecule has 0 bridgehead atoms. The van der Waals surface area contributed by atoms with Crippen LogP contribution in [0.1, 0.15) is 32.6 Å². The summed E-state index contributed by atoms with van der Waals surface area (Å²) in [6, 6.07) is 0. The van der Waals surface area contributed by atoms with Crippen LogP contribution in [-0.2, 0) is 4.79 Å². The van der Waals surface area contributed by atoms with Gasteiger partial charge in [-0.05, 0) is 12.8 Å². The summed E-state index contributed by atoms with van der Waals surface area (Å²) >= 11 is 0. The number of hydrogen-bond acceptors (Lipinski definition) is 1. The monoisotopic (exact) mass is 182 g/mol. The molecule has 1 atom stereocenters. The summed E-state index contributed by atoms with van der Waals surface area (Å²) in [7, 11) is 0. The van der Waals surface area contributed by atoms with Crippen molar-refractivity contribution in [2.24, 2.45) is 5.92 Å². The van der Waals surface area contributed by atoms with Gasteiger partial charge in [-0.15, -0.1) is 0 Å². The van der Waals surface area contributed by atoms with Gasteiger partial charge < -0.3 is 4.79 Å². The molecule has 4 heteroatoms. The molecule has 0 radical (unpaired) electrons. The number of alkyl halides is 3. The first-order valence-electron chi connectivity index (χ1n) is 3.99. The maximum absolute atomic E-state index is 11.9. The van der Waals surface area contributed by atoms with Crippen molar-refractivity contribution in [2.75, 3.05) is 0 Å². The Bertz CT molecular complexity index is 131. The second-order valence-electron chi connectivity index (χ2n) is 2.89. The van der Waals surface area contributed by atoms with Gasteiger partial charge >= 0.3 is 6.18 Å². The van der Waals surface area contributed by atoms with Crippen LogP contribution in [0.3, 0.4) is 0 Å². The van der Waals surface area contributed by atoms with Gasteiger partial charge in [-0.2, -0.15) is 13.2 Å². The lowest BCUT2D eigenvalue weighted by molar-refractivity contribution is -0.171. The molecule has 72 valence electrons. The minimum Gasteiger partial charge on any atom is -0.303 e. The van der Waals surface area contributed by atoms with Crippen LogP contribution in [0.4, 0.5) is 13.2 Å². The van der Waals surface area contributed by atoms with Crippen LogP contribution in [-0.4, -0.2) is 12.5 Å². The van der Waals surface area contributed by atoms with Crippen LogP contribution in [0, 0.1) is 5.92 Å². The van der Waals surface area contributed by atoms with E-state index in [-0.39, 0.29) is 6.42 Å². The lowest BCUT2D eigenvalue weighted by Crippen LogP contribution is -2.19. The third-order valence-electron chi connectivity index (χ3n) is 1.77. The highest BCUT2D eigenvalue weighted by atomic mass is 19.4. The molecule has 0 rings (SSSR count). The van der Waals surface area contributed by atoms with Crippen molar-refractivity contribution in [3.63, 3.8) is 0 Å². The summed E-state index contributed by atoms with van der Waals surface area (Å²) in [6.07, 6.45) is -1.83. The Balaban J connectivity index is 3.44. The summed E-state index contributed by atoms with van der Waals surface area (Å²) < 4.78 is 35.7. The van der Waals surface area contributed by atoms with Gasteiger partial charge in [0, 0.05) is 6.42 Å². The summed E-state index contributed by atoms with van der Waals surface area (Å²) in [5, 5.41) is 0. The van der Waals surface area contributed by atoms with Crippen LogP contribution in [0.25, 0.3) is 0 Å². The normalized spacial score (nSPS) is 14.3. The summed E-state index contributed by atoms with van der Waals surface area (Å²) in [4.78, 5) is 9.82. The number of rotatable bonds is 5. The Morgan fingerprint density at radius 1 is 1.33 bits per heavy atom. The average Bonchev–Trinajstić information content (AvgIpc) is 1.96. The highest BCUT2D eigenvalue weighted by molar-refractivity contribution is 5.48. The van der Waals surface area contributed by atoms with Gasteiger partial charge in [0.2, 0.25) is 0 Å². The Kier molecular flexibility index (Phi) is 4.93. The summed E-state index contributed by atoms with van der Waals surface area (Å²) in [6.45, 7) is 1.17. The van der Waals surface area contributed by atoms with Crippen molar-refractivity contribution in [3.05, 3.63) is 0 Å². The average molecular weight is 182 g/mol. The van der Waals surface area contributed by atoms with Gasteiger partial charge in [0.1, 0.15) is 6.29 Å². The Hall–Kier alpha value is -0.540. The van der Waals surface area contributed by atoms with Crippen LogP contribution in [0.2, 0.25) is 0 Å². The zero-order valence-electron chi connectivity index (χ0n) is 7.03. The molecule has 0 heterocycles. The van der Waals surface area contributed by atoms with E-state index in [1.54, 1.807) is 0 Å². The first kappa shape index (κ1) is 11.5. The van der Waals surface area contributed by atoms with Gasteiger partial charge in [0.25, 0.3) is 0 Å².